The van der Waals surface area contributed by atoms with Crippen LogP contribution in [-0.4, -0.2) is 30.2 Å². The van der Waals surface area contributed by atoms with Crippen LogP contribution >= 0.6 is 0 Å². The van der Waals surface area contributed by atoms with Crippen molar-refractivity contribution in [1.82, 2.24) is 0 Å². The highest BCUT2D eigenvalue weighted by molar-refractivity contribution is 5.93. The third-order valence-electron chi connectivity index (χ3n) is 2.88. The highest BCUT2D eigenvalue weighted by Gasteiger charge is 2.26. The Morgan fingerprint density at radius 2 is 2.15 bits per heavy atom. The molecule has 1 saturated heterocycles. The molecule has 8 heteroatoms. The molecule has 1 aliphatic heterocycles. The van der Waals surface area contributed by atoms with E-state index in [4.69, 9.17) is 9.47 Å². The first-order valence-corrected chi connectivity index (χ1v) is 5.91. The lowest BCUT2D eigenvalue weighted by molar-refractivity contribution is -0.385. The van der Waals surface area contributed by atoms with E-state index in [0.717, 1.165) is 6.42 Å². The van der Waals surface area contributed by atoms with Crippen LogP contribution in [0.15, 0.2) is 12.1 Å². The van der Waals surface area contributed by atoms with Crippen LogP contribution in [0, 0.1) is 21.7 Å². The van der Waals surface area contributed by atoms with Gasteiger partial charge in [0.15, 0.2) is 11.6 Å². The van der Waals surface area contributed by atoms with Crippen molar-refractivity contribution in [3.8, 4) is 0 Å². The summed E-state index contributed by atoms with van der Waals surface area (Å²) in [4.78, 5) is 21.5. The molecular formula is C12H11F2NO5. The fraction of sp³-hybridized carbons (Fsp3) is 0.417. The van der Waals surface area contributed by atoms with Crippen molar-refractivity contribution >= 4 is 11.7 Å². The molecule has 1 atom stereocenters. The summed E-state index contributed by atoms with van der Waals surface area (Å²) in [5.74, 6) is -3.82. The van der Waals surface area contributed by atoms with Crippen molar-refractivity contribution < 1.29 is 28.0 Å². The molecule has 2 rings (SSSR count). The summed E-state index contributed by atoms with van der Waals surface area (Å²) < 4.78 is 36.1. The molecule has 1 unspecified atom stereocenters. The zero-order valence-corrected chi connectivity index (χ0v) is 10.3. The van der Waals surface area contributed by atoms with Gasteiger partial charge in [0.1, 0.15) is 12.2 Å². The lowest BCUT2D eigenvalue weighted by Gasteiger charge is -2.10. The topological polar surface area (TPSA) is 78.7 Å². The summed E-state index contributed by atoms with van der Waals surface area (Å²) in [6.45, 7) is 0.489. The summed E-state index contributed by atoms with van der Waals surface area (Å²) in [7, 11) is 0. The molecule has 0 aliphatic carbocycles. The molecular weight excluding hydrogens is 276 g/mol. The molecule has 0 amide bonds. The number of halogens is 2. The smallest absolute Gasteiger partial charge is 0.345 e. The van der Waals surface area contributed by atoms with Gasteiger partial charge in [0.25, 0.3) is 5.69 Å². The predicted molar refractivity (Wildman–Crippen MR) is 62.3 cm³/mol. The first-order chi connectivity index (χ1) is 9.49. The molecule has 0 radical (unpaired) electrons. The maximum atomic E-state index is 13.1. The van der Waals surface area contributed by atoms with E-state index in [1.165, 1.54) is 0 Å². The minimum Gasteiger partial charge on any atom is -0.459 e. The van der Waals surface area contributed by atoms with Gasteiger partial charge in [0, 0.05) is 6.61 Å². The largest absolute Gasteiger partial charge is 0.459 e. The highest BCUT2D eigenvalue weighted by Crippen LogP contribution is 2.23. The summed E-state index contributed by atoms with van der Waals surface area (Å²) in [5, 5.41) is 10.7. The lowest BCUT2D eigenvalue weighted by atomic mass is 10.1. The number of hydrogen-bond donors (Lipinski definition) is 0. The van der Waals surface area contributed by atoms with E-state index in [0.29, 0.717) is 25.2 Å². The van der Waals surface area contributed by atoms with E-state index in [2.05, 4.69) is 0 Å². The number of rotatable bonds is 4. The lowest BCUT2D eigenvalue weighted by Crippen LogP contribution is -2.18. The van der Waals surface area contributed by atoms with Crippen molar-refractivity contribution in [1.29, 1.82) is 0 Å². The molecule has 0 saturated carbocycles. The molecule has 1 fully saturated rings. The van der Waals surface area contributed by atoms with E-state index >= 15 is 0 Å². The number of hydrogen-bond acceptors (Lipinski definition) is 5. The van der Waals surface area contributed by atoms with Crippen LogP contribution in [0.5, 0.6) is 0 Å². The molecule has 6 nitrogen and oxygen atoms in total. The first-order valence-electron chi connectivity index (χ1n) is 5.91. The molecule has 0 bridgehead atoms. The zero-order valence-electron chi connectivity index (χ0n) is 10.3. The predicted octanol–water partition coefficient (Wildman–Crippen LogP) is 2.21. The standard InChI is InChI=1S/C12H11F2NO5/c13-9-4-8(11(15(17)18)5-10(9)14)12(16)20-6-7-2-1-3-19-7/h4-5,7H,1-3,6H2. The van der Waals surface area contributed by atoms with Crippen molar-refractivity contribution in [2.75, 3.05) is 13.2 Å². The van der Waals surface area contributed by atoms with Gasteiger partial charge in [0.2, 0.25) is 0 Å². The van der Waals surface area contributed by atoms with Crippen LogP contribution in [0.3, 0.4) is 0 Å². The minimum atomic E-state index is -1.40. The van der Waals surface area contributed by atoms with Gasteiger partial charge in [-0.25, -0.2) is 13.6 Å². The fourth-order valence-electron chi connectivity index (χ4n) is 1.87. The molecule has 20 heavy (non-hydrogen) atoms. The van der Waals surface area contributed by atoms with Crippen LogP contribution < -0.4 is 0 Å². The SMILES string of the molecule is O=C(OCC1CCCO1)c1cc(F)c(F)cc1[N+](=O)[O-]. The quantitative estimate of drug-likeness (QED) is 0.482. The van der Waals surface area contributed by atoms with E-state index in [1.54, 1.807) is 0 Å². The molecule has 1 aliphatic rings. The summed E-state index contributed by atoms with van der Waals surface area (Å²) >= 11 is 0. The van der Waals surface area contributed by atoms with Crippen molar-refractivity contribution in [3.63, 3.8) is 0 Å². The average molecular weight is 287 g/mol. The van der Waals surface area contributed by atoms with Crippen molar-refractivity contribution in [2.45, 2.75) is 18.9 Å². The Morgan fingerprint density at radius 3 is 2.75 bits per heavy atom. The van der Waals surface area contributed by atoms with Gasteiger partial charge < -0.3 is 9.47 Å². The fourth-order valence-corrected chi connectivity index (χ4v) is 1.87. The Hall–Kier alpha value is -2.09. The molecule has 1 aromatic carbocycles. The van der Waals surface area contributed by atoms with Crippen LogP contribution in [0.25, 0.3) is 0 Å². The molecule has 1 heterocycles. The zero-order chi connectivity index (χ0) is 14.7. The number of esters is 1. The highest BCUT2D eigenvalue weighted by atomic mass is 19.2. The summed E-state index contributed by atoms with van der Waals surface area (Å²) in [5.41, 5.74) is -1.45. The van der Waals surface area contributed by atoms with Gasteiger partial charge in [-0.2, -0.15) is 0 Å². The minimum absolute atomic E-state index is 0.0744. The molecule has 1 aromatic rings. The number of nitro groups is 1. The Labute approximate surface area is 112 Å². The second-order valence-electron chi connectivity index (χ2n) is 4.27. The van der Waals surface area contributed by atoms with Gasteiger partial charge in [-0.3, -0.25) is 10.1 Å². The Balaban J connectivity index is 2.15. The van der Waals surface area contributed by atoms with E-state index in [1.807, 2.05) is 0 Å². The molecule has 0 aromatic heterocycles. The summed E-state index contributed by atoms with van der Waals surface area (Å²) in [6, 6.07) is 0.823. The number of carbonyl (C=O) groups is 1. The molecule has 0 N–H and O–H groups in total. The number of nitrogens with zero attached hydrogens (tertiary/aromatic N) is 1. The van der Waals surface area contributed by atoms with Crippen LogP contribution in [0.4, 0.5) is 14.5 Å². The second kappa shape index (κ2) is 5.91. The van der Waals surface area contributed by atoms with Crippen molar-refractivity contribution in [2.24, 2.45) is 0 Å². The van der Waals surface area contributed by atoms with Gasteiger partial charge in [-0.15, -0.1) is 0 Å². The van der Waals surface area contributed by atoms with Crippen LogP contribution in [-0.2, 0) is 9.47 Å². The number of carbonyl (C=O) groups excluding carboxylic acids is 1. The monoisotopic (exact) mass is 287 g/mol. The number of benzene rings is 1. The molecule has 108 valence electrons. The van der Waals surface area contributed by atoms with Crippen LogP contribution in [0.1, 0.15) is 23.2 Å². The Bertz CT molecular complexity index is 543. The van der Waals surface area contributed by atoms with E-state index in [-0.39, 0.29) is 12.7 Å². The average Bonchev–Trinajstić information content (AvgIpc) is 2.91. The third kappa shape index (κ3) is 3.08. The number of nitro benzene ring substituents is 1. The summed E-state index contributed by atoms with van der Waals surface area (Å²) in [6.07, 6.45) is 1.30. The first kappa shape index (κ1) is 14.3. The third-order valence-corrected chi connectivity index (χ3v) is 2.88. The number of ether oxygens (including phenoxy) is 2. The maximum Gasteiger partial charge on any atom is 0.345 e. The second-order valence-corrected chi connectivity index (χ2v) is 4.27. The van der Waals surface area contributed by atoms with Crippen LogP contribution in [0.2, 0.25) is 0 Å². The van der Waals surface area contributed by atoms with Gasteiger partial charge in [-0.05, 0) is 18.9 Å². The van der Waals surface area contributed by atoms with E-state index < -0.39 is 33.8 Å². The maximum absolute atomic E-state index is 13.1. The van der Waals surface area contributed by atoms with Gasteiger partial charge in [-0.1, -0.05) is 0 Å². The normalized spacial score (nSPS) is 18.0. The Kier molecular flexibility index (Phi) is 4.23. The van der Waals surface area contributed by atoms with Gasteiger partial charge in [0.05, 0.1) is 17.1 Å². The van der Waals surface area contributed by atoms with Crippen molar-refractivity contribution in [3.05, 3.63) is 39.4 Å². The van der Waals surface area contributed by atoms with E-state index in [9.17, 15) is 23.7 Å². The Morgan fingerprint density at radius 1 is 1.45 bits per heavy atom. The van der Waals surface area contributed by atoms with Gasteiger partial charge >= 0.3 is 5.97 Å². The molecule has 0 spiro atoms.